The van der Waals surface area contributed by atoms with Gasteiger partial charge in [-0.25, -0.2) is 0 Å². The van der Waals surface area contributed by atoms with E-state index in [-0.39, 0.29) is 11.8 Å². The standard InChI is InChI=1S/C27H30N2O2/c1-21(30)28-26-14-12-22(13-15-26)20-29-18-16-25(17-19-29)27(31,23-8-4-2-5-9-23)24-10-6-3-7-11-24/h2-15,25,31H,16-20H2,1H3,(H,28,30). The highest BCUT2D eigenvalue weighted by atomic mass is 16.3. The van der Waals surface area contributed by atoms with Crippen LogP contribution in [0.1, 0.15) is 36.5 Å². The fraction of sp³-hybridized carbons (Fsp3) is 0.296. The van der Waals surface area contributed by atoms with Crippen LogP contribution in [0, 0.1) is 5.92 Å². The van der Waals surface area contributed by atoms with E-state index in [1.54, 1.807) is 0 Å². The van der Waals surface area contributed by atoms with E-state index >= 15 is 0 Å². The number of carbonyl (C=O) groups excluding carboxylic acids is 1. The van der Waals surface area contributed by atoms with E-state index in [0.717, 1.165) is 49.3 Å². The smallest absolute Gasteiger partial charge is 0.221 e. The molecule has 160 valence electrons. The van der Waals surface area contributed by atoms with Crippen LogP contribution >= 0.6 is 0 Å². The van der Waals surface area contributed by atoms with Gasteiger partial charge in [0.1, 0.15) is 5.60 Å². The molecule has 4 rings (SSSR count). The minimum Gasteiger partial charge on any atom is -0.380 e. The van der Waals surface area contributed by atoms with E-state index in [1.165, 1.54) is 12.5 Å². The van der Waals surface area contributed by atoms with Crippen molar-refractivity contribution < 1.29 is 9.90 Å². The minimum absolute atomic E-state index is 0.0564. The van der Waals surface area contributed by atoms with Gasteiger partial charge in [-0.2, -0.15) is 0 Å². The molecule has 0 bridgehead atoms. The average molecular weight is 415 g/mol. The van der Waals surface area contributed by atoms with Crippen LogP contribution in [0.25, 0.3) is 0 Å². The monoisotopic (exact) mass is 414 g/mol. The molecule has 3 aromatic carbocycles. The quantitative estimate of drug-likeness (QED) is 0.610. The third-order valence-electron chi connectivity index (χ3n) is 6.29. The molecule has 0 spiro atoms. The van der Waals surface area contributed by atoms with Gasteiger partial charge < -0.3 is 10.4 Å². The Hall–Kier alpha value is -2.95. The normalized spacial score (nSPS) is 15.5. The highest BCUT2D eigenvalue weighted by molar-refractivity contribution is 5.88. The molecule has 1 amide bonds. The summed E-state index contributed by atoms with van der Waals surface area (Å²) in [5, 5.41) is 14.8. The molecule has 1 aliphatic rings. The molecule has 0 atom stereocenters. The molecule has 1 heterocycles. The second-order valence-corrected chi connectivity index (χ2v) is 8.43. The molecule has 1 aliphatic heterocycles. The van der Waals surface area contributed by atoms with Crippen LogP contribution in [0.5, 0.6) is 0 Å². The Morgan fingerprint density at radius 3 is 1.90 bits per heavy atom. The number of hydrogen-bond donors (Lipinski definition) is 2. The molecule has 0 radical (unpaired) electrons. The van der Waals surface area contributed by atoms with Crippen LogP contribution in [0.15, 0.2) is 84.9 Å². The van der Waals surface area contributed by atoms with Gasteiger partial charge in [0.15, 0.2) is 0 Å². The number of nitrogens with zero attached hydrogens (tertiary/aromatic N) is 1. The Morgan fingerprint density at radius 2 is 1.42 bits per heavy atom. The number of nitrogens with one attached hydrogen (secondary N) is 1. The predicted octanol–water partition coefficient (Wildman–Crippen LogP) is 4.79. The van der Waals surface area contributed by atoms with Gasteiger partial charge in [-0.15, -0.1) is 0 Å². The molecule has 31 heavy (non-hydrogen) atoms. The van der Waals surface area contributed by atoms with Crippen LogP contribution < -0.4 is 5.32 Å². The summed E-state index contributed by atoms with van der Waals surface area (Å²) in [6, 6.07) is 28.2. The Balaban J connectivity index is 1.45. The van der Waals surface area contributed by atoms with E-state index in [1.807, 2.05) is 72.8 Å². The zero-order valence-corrected chi connectivity index (χ0v) is 18.0. The molecule has 4 heteroatoms. The molecule has 1 fully saturated rings. The lowest BCUT2D eigenvalue weighted by Crippen LogP contribution is -2.44. The maximum absolute atomic E-state index is 12.0. The van der Waals surface area contributed by atoms with Crippen molar-refractivity contribution in [3.63, 3.8) is 0 Å². The predicted molar refractivity (Wildman–Crippen MR) is 125 cm³/mol. The number of rotatable bonds is 6. The second kappa shape index (κ2) is 9.46. The summed E-state index contributed by atoms with van der Waals surface area (Å²) < 4.78 is 0. The molecule has 0 aliphatic carbocycles. The first-order valence-electron chi connectivity index (χ1n) is 11.0. The lowest BCUT2D eigenvalue weighted by atomic mass is 9.72. The van der Waals surface area contributed by atoms with Crippen LogP contribution in [0.3, 0.4) is 0 Å². The minimum atomic E-state index is -0.978. The topological polar surface area (TPSA) is 52.6 Å². The first-order chi connectivity index (χ1) is 15.1. The number of amides is 1. The third kappa shape index (κ3) is 4.87. The van der Waals surface area contributed by atoms with E-state index < -0.39 is 5.60 Å². The Labute approximate surface area is 184 Å². The number of aliphatic hydroxyl groups is 1. The highest BCUT2D eigenvalue weighted by Gasteiger charge is 2.41. The maximum atomic E-state index is 12.0. The highest BCUT2D eigenvalue weighted by Crippen LogP contribution is 2.42. The second-order valence-electron chi connectivity index (χ2n) is 8.43. The first-order valence-corrected chi connectivity index (χ1v) is 11.0. The largest absolute Gasteiger partial charge is 0.380 e. The summed E-state index contributed by atoms with van der Waals surface area (Å²) in [6.07, 6.45) is 1.87. The number of likely N-dealkylation sites (tertiary alicyclic amines) is 1. The maximum Gasteiger partial charge on any atom is 0.221 e. The van der Waals surface area contributed by atoms with Crippen LogP contribution in [0.4, 0.5) is 5.69 Å². The Kier molecular flexibility index (Phi) is 6.50. The summed E-state index contributed by atoms with van der Waals surface area (Å²) in [5.41, 5.74) is 3.01. The van der Waals surface area contributed by atoms with E-state index in [0.29, 0.717) is 0 Å². The third-order valence-corrected chi connectivity index (χ3v) is 6.29. The first kappa shape index (κ1) is 21.3. The van der Waals surface area contributed by atoms with Gasteiger partial charge >= 0.3 is 0 Å². The van der Waals surface area contributed by atoms with Gasteiger partial charge in [-0.1, -0.05) is 72.8 Å². The van der Waals surface area contributed by atoms with Crippen LogP contribution in [-0.4, -0.2) is 29.0 Å². The van der Waals surface area contributed by atoms with Crippen molar-refractivity contribution in [2.24, 2.45) is 5.92 Å². The van der Waals surface area contributed by atoms with E-state index in [4.69, 9.17) is 0 Å². The van der Waals surface area contributed by atoms with Crippen molar-refractivity contribution in [3.05, 3.63) is 102 Å². The Morgan fingerprint density at radius 1 is 0.903 bits per heavy atom. The number of hydrogen-bond acceptors (Lipinski definition) is 3. The molecule has 0 saturated carbocycles. The van der Waals surface area contributed by atoms with Crippen molar-refractivity contribution in [1.29, 1.82) is 0 Å². The molecule has 4 nitrogen and oxygen atoms in total. The molecule has 0 unspecified atom stereocenters. The van der Waals surface area contributed by atoms with Crippen molar-refractivity contribution in [2.75, 3.05) is 18.4 Å². The van der Waals surface area contributed by atoms with E-state index in [9.17, 15) is 9.90 Å². The van der Waals surface area contributed by atoms with Crippen molar-refractivity contribution in [1.82, 2.24) is 4.90 Å². The van der Waals surface area contributed by atoms with Gasteiger partial charge in [0.2, 0.25) is 5.91 Å². The summed E-state index contributed by atoms with van der Waals surface area (Å²) in [5.74, 6) is 0.106. The van der Waals surface area contributed by atoms with Gasteiger partial charge in [-0.3, -0.25) is 9.69 Å². The van der Waals surface area contributed by atoms with Crippen molar-refractivity contribution >= 4 is 11.6 Å². The SMILES string of the molecule is CC(=O)Nc1ccc(CN2CCC(C(O)(c3ccccc3)c3ccccc3)CC2)cc1. The lowest BCUT2D eigenvalue weighted by Gasteiger charge is -2.42. The molecular formula is C27H30N2O2. The average Bonchev–Trinajstić information content (AvgIpc) is 2.81. The molecule has 1 saturated heterocycles. The molecular weight excluding hydrogens is 384 g/mol. The fourth-order valence-electron chi connectivity index (χ4n) is 4.69. The fourth-order valence-corrected chi connectivity index (χ4v) is 4.69. The zero-order chi connectivity index (χ0) is 21.7. The number of anilines is 1. The van der Waals surface area contributed by atoms with Crippen LogP contribution in [0.2, 0.25) is 0 Å². The summed E-state index contributed by atoms with van der Waals surface area (Å²) >= 11 is 0. The number of piperidine rings is 1. The lowest BCUT2D eigenvalue weighted by molar-refractivity contribution is -0.114. The van der Waals surface area contributed by atoms with Crippen molar-refractivity contribution in [2.45, 2.75) is 31.9 Å². The molecule has 0 aromatic heterocycles. The van der Waals surface area contributed by atoms with Crippen LogP contribution in [-0.2, 0) is 16.9 Å². The number of benzene rings is 3. The van der Waals surface area contributed by atoms with Gasteiger partial charge in [0, 0.05) is 19.2 Å². The number of carbonyl (C=O) groups is 1. The summed E-state index contributed by atoms with van der Waals surface area (Å²) in [6.45, 7) is 4.28. The van der Waals surface area contributed by atoms with E-state index in [2.05, 4.69) is 22.3 Å². The van der Waals surface area contributed by atoms with Gasteiger partial charge in [-0.05, 0) is 60.7 Å². The zero-order valence-electron chi connectivity index (χ0n) is 18.0. The van der Waals surface area contributed by atoms with Crippen molar-refractivity contribution in [3.8, 4) is 0 Å². The summed E-state index contributed by atoms with van der Waals surface area (Å²) in [4.78, 5) is 13.6. The summed E-state index contributed by atoms with van der Waals surface area (Å²) in [7, 11) is 0. The van der Waals surface area contributed by atoms with Gasteiger partial charge in [0.25, 0.3) is 0 Å². The van der Waals surface area contributed by atoms with Gasteiger partial charge in [0.05, 0.1) is 0 Å². The molecule has 2 N–H and O–H groups in total. The Bertz CT molecular complexity index is 939. The molecule has 3 aromatic rings.